The lowest BCUT2D eigenvalue weighted by molar-refractivity contribution is 0.577. The van der Waals surface area contributed by atoms with Gasteiger partial charge >= 0.3 is 5.69 Å². The van der Waals surface area contributed by atoms with Crippen LogP contribution in [-0.4, -0.2) is 9.13 Å². The maximum absolute atomic E-state index is 13.5. The Morgan fingerprint density at radius 2 is 1.03 bits per heavy atom. The Hall–Kier alpha value is -2.93. The summed E-state index contributed by atoms with van der Waals surface area (Å²) in [5, 5.41) is 0. The number of nitrogens with zero attached hydrogens (tertiary/aromatic N) is 2. The van der Waals surface area contributed by atoms with Gasteiger partial charge in [-0.25, -0.2) is 4.79 Å². The fourth-order valence-corrected chi connectivity index (χ4v) is 4.55. The molecule has 0 amide bonds. The Morgan fingerprint density at radius 1 is 0.581 bits per heavy atom. The summed E-state index contributed by atoms with van der Waals surface area (Å²) in [7, 11) is 0. The van der Waals surface area contributed by atoms with Crippen LogP contribution in [0.15, 0.2) is 101 Å². The molecule has 0 fully saturated rings. The van der Waals surface area contributed by atoms with E-state index in [1.54, 1.807) is 4.57 Å². The third-order valence-corrected chi connectivity index (χ3v) is 6.42. The van der Waals surface area contributed by atoms with E-state index >= 15 is 0 Å². The van der Waals surface area contributed by atoms with Crippen LogP contribution in [0, 0.1) is 3.57 Å². The molecular weight excluding hydrogens is 499 g/mol. The SMILES string of the molecule is O=c1c(I)c(CCc2ccccc2)n(Cc2ccccc2)c(=O)n1Cc1ccccc1. The van der Waals surface area contributed by atoms with Crippen LogP contribution in [0.25, 0.3) is 0 Å². The van der Waals surface area contributed by atoms with Crippen LogP contribution in [0.1, 0.15) is 22.4 Å². The predicted octanol–water partition coefficient (Wildman–Crippen LogP) is 4.50. The van der Waals surface area contributed by atoms with Gasteiger partial charge in [-0.3, -0.25) is 13.9 Å². The molecule has 31 heavy (non-hydrogen) atoms. The zero-order chi connectivity index (χ0) is 21.6. The molecule has 0 aliphatic carbocycles. The number of benzene rings is 3. The Bertz CT molecular complexity index is 1260. The Kier molecular flexibility index (Phi) is 6.82. The topological polar surface area (TPSA) is 44.0 Å². The summed E-state index contributed by atoms with van der Waals surface area (Å²) in [6.07, 6.45) is 1.40. The molecule has 1 heterocycles. The quantitative estimate of drug-likeness (QED) is 0.336. The predicted molar refractivity (Wildman–Crippen MR) is 133 cm³/mol. The van der Waals surface area contributed by atoms with Gasteiger partial charge in [0.2, 0.25) is 0 Å². The lowest BCUT2D eigenvalue weighted by Crippen LogP contribution is -2.43. The molecule has 3 aromatic carbocycles. The van der Waals surface area contributed by atoms with Crippen molar-refractivity contribution in [1.82, 2.24) is 9.13 Å². The van der Waals surface area contributed by atoms with Crippen LogP contribution < -0.4 is 11.2 Å². The molecule has 0 aliphatic rings. The molecule has 4 nitrogen and oxygen atoms in total. The molecule has 0 aliphatic heterocycles. The van der Waals surface area contributed by atoms with Crippen molar-refractivity contribution < 1.29 is 0 Å². The molecule has 1 aromatic heterocycles. The summed E-state index contributed by atoms with van der Waals surface area (Å²) in [6.45, 7) is 0.705. The molecule has 4 rings (SSSR count). The van der Waals surface area contributed by atoms with E-state index in [2.05, 4.69) is 34.7 Å². The zero-order valence-electron chi connectivity index (χ0n) is 17.1. The second-order valence-corrected chi connectivity index (χ2v) is 8.56. The minimum absolute atomic E-state index is 0.221. The zero-order valence-corrected chi connectivity index (χ0v) is 19.2. The summed E-state index contributed by atoms with van der Waals surface area (Å²) in [4.78, 5) is 26.7. The third kappa shape index (κ3) is 5.05. The molecule has 0 saturated carbocycles. The van der Waals surface area contributed by atoms with Crippen LogP contribution in [0.2, 0.25) is 0 Å². The number of hydrogen-bond acceptors (Lipinski definition) is 2. The van der Waals surface area contributed by atoms with Crippen molar-refractivity contribution in [3.63, 3.8) is 0 Å². The van der Waals surface area contributed by atoms with Gasteiger partial charge in [0.1, 0.15) is 0 Å². The van der Waals surface area contributed by atoms with Gasteiger partial charge in [0.15, 0.2) is 0 Å². The maximum atomic E-state index is 13.5. The largest absolute Gasteiger partial charge is 0.331 e. The van der Waals surface area contributed by atoms with E-state index in [9.17, 15) is 9.59 Å². The number of halogens is 1. The van der Waals surface area contributed by atoms with Crippen LogP contribution >= 0.6 is 22.6 Å². The lowest BCUT2D eigenvalue weighted by atomic mass is 10.1. The minimum atomic E-state index is -0.263. The highest BCUT2D eigenvalue weighted by atomic mass is 127. The second kappa shape index (κ2) is 9.92. The Morgan fingerprint density at radius 3 is 1.55 bits per heavy atom. The van der Waals surface area contributed by atoms with E-state index in [1.165, 1.54) is 10.1 Å². The van der Waals surface area contributed by atoms with Crippen molar-refractivity contribution in [2.45, 2.75) is 25.9 Å². The van der Waals surface area contributed by atoms with Crippen LogP contribution in [0.3, 0.4) is 0 Å². The van der Waals surface area contributed by atoms with E-state index in [0.717, 1.165) is 23.2 Å². The summed E-state index contributed by atoms with van der Waals surface area (Å²) < 4.78 is 3.73. The van der Waals surface area contributed by atoms with Crippen molar-refractivity contribution in [2.75, 3.05) is 0 Å². The molecule has 4 aromatic rings. The van der Waals surface area contributed by atoms with E-state index in [-0.39, 0.29) is 17.8 Å². The van der Waals surface area contributed by atoms with Crippen LogP contribution in [0.5, 0.6) is 0 Å². The number of hydrogen-bond donors (Lipinski definition) is 0. The molecule has 0 saturated heterocycles. The number of aryl methyl sites for hydroxylation is 1. The fourth-order valence-electron chi connectivity index (χ4n) is 3.70. The first-order valence-electron chi connectivity index (χ1n) is 10.3. The molecule has 0 atom stereocenters. The molecule has 0 spiro atoms. The normalized spacial score (nSPS) is 10.9. The second-order valence-electron chi connectivity index (χ2n) is 7.48. The highest BCUT2D eigenvalue weighted by molar-refractivity contribution is 14.1. The highest BCUT2D eigenvalue weighted by Gasteiger charge is 2.18. The Labute approximate surface area is 195 Å². The van der Waals surface area contributed by atoms with E-state index < -0.39 is 0 Å². The molecular formula is C26H23IN2O2. The van der Waals surface area contributed by atoms with Crippen molar-refractivity contribution in [1.29, 1.82) is 0 Å². The van der Waals surface area contributed by atoms with Crippen LogP contribution in [0.4, 0.5) is 0 Å². The van der Waals surface area contributed by atoms with Gasteiger partial charge in [-0.15, -0.1) is 0 Å². The first kappa shape index (κ1) is 21.3. The highest BCUT2D eigenvalue weighted by Crippen LogP contribution is 2.13. The smallest absolute Gasteiger partial charge is 0.292 e. The standard InChI is InChI=1S/C26H23IN2O2/c27-24-23(17-16-20-10-4-1-5-11-20)28(18-21-12-6-2-7-13-21)26(31)29(25(24)30)19-22-14-8-3-9-15-22/h1-15H,16-19H2. The van der Waals surface area contributed by atoms with E-state index in [1.807, 2.05) is 78.9 Å². The summed E-state index contributed by atoms with van der Waals surface area (Å²) in [5.41, 5.74) is 3.47. The van der Waals surface area contributed by atoms with E-state index in [0.29, 0.717) is 16.5 Å². The third-order valence-electron chi connectivity index (χ3n) is 5.33. The van der Waals surface area contributed by atoms with Crippen molar-refractivity contribution in [3.8, 4) is 0 Å². The molecule has 0 N–H and O–H groups in total. The van der Waals surface area contributed by atoms with Gasteiger partial charge in [-0.05, 0) is 52.1 Å². The monoisotopic (exact) mass is 522 g/mol. The van der Waals surface area contributed by atoms with Crippen molar-refractivity contribution in [3.05, 3.63) is 138 Å². The maximum Gasteiger partial charge on any atom is 0.331 e. The van der Waals surface area contributed by atoms with Gasteiger partial charge < -0.3 is 0 Å². The summed E-state index contributed by atoms with van der Waals surface area (Å²) >= 11 is 2.11. The number of aromatic nitrogens is 2. The average molecular weight is 522 g/mol. The van der Waals surface area contributed by atoms with Crippen LogP contribution in [-0.2, 0) is 25.9 Å². The first-order valence-corrected chi connectivity index (χ1v) is 11.3. The molecule has 0 bridgehead atoms. The average Bonchev–Trinajstić information content (AvgIpc) is 2.82. The van der Waals surface area contributed by atoms with Crippen molar-refractivity contribution in [2.24, 2.45) is 0 Å². The van der Waals surface area contributed by atoms with Gasteiger partial charge in [-0.2, -0.15) is 0 Å². The van der Waals surface area contributed by atoms with Gasteiger partial charge in [-0.1, -0.05) is 91.0 Å². The minimum Gasteiger partial charge on any atom is -0.292 e. The van der Waals surface area contributed by atoms with Crippen molar-refractivity contribution >= 4 is 22.6 Å². The van der Waals surface area contributed by atoms with E-state index in [4.69, 9.17) is 0 Å². The van der Waals surface area contributed by atoms with Gasteiger partial charge in [0.05, 0.1) is 16.7 Å². The molecule has 0 radical (unpaired) electrons. The Balaban J connectivity index is 1.78. The lowest BCUT2D eigenvalue weighted by Gasteiger charge is -2.18. The van der Waals surface area contributed by atoms with Gasteiger partial charge in [0, 0.05) is 5.69 Å². The summed E-state index contributed by atoms with van der Waals surface area (Å²) in [6, 6.07) is 29.7. The number of rotatable bonds is 7. The fraction of sp³-hybridized carbons (Fsp3) is 0.154. The summed E-state index contributed by atoms with van der Waals surface area (Å²) in [5.74, 6) is 0. The molecule has 0 unspecified atom stereocenters. The molecule has 5 heteroatoms. The first-order chi connectivity index (χ1) is 15.1. The van der Waals surface area contributed by atoms with Gasteiger partial charge in [0.25, 0.3) is 5.56 Å². The molecule has 156 valence electrons.